The van der Waals surface area contributed by atoms with Gasteiger partial charge in [0.05, 0.1) is 12.0 Å². The first kappa shape index (κ1) is 13.6. The van der Waals surface area contributed by atoms with Crippen molar-refractivity contribution in [2.24, 2.45) is 5.92 Å². The van der Waals surface area contributed by atoms with E-state index in [1.807, 2.05) is 35.7 Å². The van der Waals surface area contributed by atoms with Crippen LogP contribution in [0.5, 0.6) is 0 Å². The van der Waals surface area contributed by atoms with Crippen molar-refractivity contribution in [2.75, 3.05) is 13.1 Å². The van der Waals surface area contributed by atoms with Gasteiger partial charge in [0.15, 0.2) is 0 Å². The van der Waals surface area contributed by atoms with Gasteiger partial charge in [0.1, 0.15) is 0 Å². The smallest absolute Gasteiger partial charge is 0.226 e. The molecule has 3 rings (SSSR count). The summed E-state index contributed by atoms with van der Waals surface area (Å²) < 4.78 is 0. The Labute approximate surface area is 127 Å². The average Bonchev–Trinajstić information content (AvgIpc) is 2.88. The second-order valence-electron chi connectivity index (χ2n) is 4.91. The average molecular weight is 307 g/mol. The Bertz CT molecular complexity index is 578. The standard InChI is InChI=1S/C15H15ClN2OS/c16-13-3-1-10(2-4-13)14(11-5-6-20-9-11)18-15(19)12-7-17-8-12/h1-6,9,12,14,17H,7-8H2,(H,18,19). The van der Waals surface area contributed by atoms with Crippen LogP contribution in [0.4, 0.5) is 0 Å². The second-order valence-corrected chi connectivity index (χ2v) is 6.12. The first-order valence-corrected chi connectivity index (χ1v) is 7.85. The molecule has 2 N–H and O–H groups in total. The lowest BCUT2D eigenvalue weighted by molar-refractivity contribution is -0.126. The fourth-order valence-corrected chi connectivity index (χ4v) is 3.00. The van der Waals surface area contributed by atoms with Crippen LogP contribution in [0.15, 0.2) is 41.1 Å². The minimum Gasteiger partial charge on any atom is -0.345 e. The molecule has 20 heavy (non-hydrogen) atoms. The van der Waals surface area contributed by atoms with Crippen molar-refractivity contribution in [2.45, 2.75) is 6.04 Å². The molecule has 0 saturated carbocycles. The minimum absolute atomic E-state index is 0.0865. The molecule has 0 spiro atoms. The number of amides is 1. The van der Waals surface area contributed by atoms with Crippen molar-refractivity contribution in [3.63, 3.8) is 0 Å². The van der Waals surface area contributed by atoms with E-state index in [0.29, 0.717) is 5.02 Å². The number of hydrogen-bond acceptors (Lipinski definition) is 3. The summed E-state index contributed by atoms with van der Waals surface area (Å²) in [4.78, 5) is 12.2. The monoisotopic (exact) mass is 306 g/mol. The summed E-state index contributed by atoms with van der Waals surface area (Å²) in [5.74, 6) is 0.193. The number of benzene rings is 1. The van der Waals surface area contributed by atoms with Crippen molar-refractivity contribution in [3.8, 4) is 0 Å². The lowest BCUT2D eigenvalue weighted by Crippen LogP contribution is -2.51. The van der Waals surface area contributed by atoms with Gasteiger partial charge in [-0.05, 0) is 40.1 Å². The molecule has 1 unspecified atom stereocenters. The Morgan fingerprint density at radius 3 is 2.55 bits per heavy atom. The second kappa shape index (κ2) is 5.95. The Balaban J connectivity index is 1.84. The minimum atomic E-state index is -0.105. The number of thiophene rings is 1. The maximum absolute atomic E-state index is 12.2. The molecule has 1 fully saturated rings. The number of nitrogens with one attached hydrogen (secondary N) is 2. The van der Waals surface area contributed by atoms with Crippen LogP contribution >= 0.6 is 22.9 Å². The first-order chi connectivity index (χ1) is 9.74. The molecule has 0 bridgehead atoms. The Morgan fingerprint density at radius 2 is 2.00 bits per heavy atom. The molecule has 1 aromatic heterocycles. The molecule has 1 aliphatic heterocycles. The maximum Gasteiger partial charge on any atom is 0.226 e. The largest absolute Gasteiger partial charge is 0.345 e. The van der Waals surface area contributed by atoms with Gasteiger partial charge in [0, 0.05) is 18.1 Å². The van der Waals surface area contributed by atoms with Gasteiger partial charge in [-0.2, -0.15) is 11.3 Å². The van der Waals surface area contributed by atoms with E-state index in [-0.39, 0.29) is 17.9 Å². The van der Waals surface area contributed by atoms with E-state index in [1.54, 1.807) is 11.3 Å². The fourth-order valence-electron chi connectivity index (χ4n) is 2.19. The lowest BCUT2D eigenvalue weighted by atomic mass is 9.98. The molecule has 2 aromatic rings. The molecule has 2 heterocycles. The zero-order valence-electron chi connectivity index (χ0n) is 10.8. The molecule has 3 nitrogen and oxygen atoms in total. The van der Waals surface area contributed by atoms with E-state index in [2.05, 4.69) is 16.0 Å². The van der Waals surface area contributed by atoms with Gasteiger partial charge in [-0.1, -0.05) is 23.7 Å². The highest BCUT2D eigenvalue weighted by Crippen LogP contribution is 2.26. The van der Waals surface area contributed by atoms with Crippen molar-refractivity contribution < 1.29 is 4.79 Å². The SMILES string of the molecule is O=C(NC(c1ccc(Cl)cc1)c1ccsc1)C1CNC1. The zero-order chi connectivity index (χ0) is 13.9. The third-order valence-electron chi connectivity index (χ3n) is 3.52. The molecular formula is C15H15ClN2OS. The van der Waals surface area contributed by atoms with Crippen LogP contribution in [-0.2, 0) is 4.79 Å². The van der Waals surface area contributed by atoms with Gasteiger partial charge < -0.3 is 10.6 Å². The number of carbonyl (C=O) groups excluding carboxylic acids is 1. The molecule has 0 aliphatic carbocycles. The molecule has 5 heteroatoms. The Kier molecular flexibility index (Phi) is 4.05. The fraction of sp³-hybridized carbons (Fsp3) is 0.267. The molecule has 1 atom stereocenters. The highest BCUT2D eigenvalue weighted by Gasteiger charge is 2.27. The van der Waals surface area contributed by atoms with Gasteiger partial charge in [0.2, 0.25) is 5.91 Å². The predicted molar refractivity (Wildman–Crippen MR) is 82.1 cm³/mol. The molecule has 1 aromatic carbocycles. The highest BCUT2D eigenvalue weighted by molar-refractivity contribution is 7.08. The van der Waals surface area contributed by atoms with E-state index in [4.69, 9.17) is 11.6 Å². The summed E-state index contributed by atoms with van der Waals surface area (Å²) in [5.41, 5.74) is 2.16. The summed E-state index contributed by atoms with van der Waals surface area (Å²) in [6.45, 7) is 1.53. The topological polar surface area (TPSA) is 41.1 Å². The molecule has 0 radical (unpaired) electrons. The van der Waals surface area contributed by atoms with Crippen LogP contribution in [0.2, 0.25) is 5.02 Å². The van der Waals surface area contributed by atoms with Gasteiger partial charge in [-0.25, -0.2) is 0 Å². The summed E-state index contributed by atoms with van der Waals surface area (Å²) in [6, 6.07) is 9.57. The third-order valence-corrected chi connectivity index (χ3v) is 4.47. The number of rotatable bonds is 4. The first-order valence-electron chi connectivity index (χ1n) is 6.52. The Morgan fingerprint density at radius 1 is 1.25 bits per heavy atom. The van der Waals surface area contributed by atoms with Crippen LogP contribution in [0.3, 0.4) is 0 Å². The molecular weight excluding hydrogens is 292 g/mol. The summed E-state index contributed by atoms with van der Waals surface area (Å²) in [5, 5.41) is 11.1. The molecule has 1 aliphatic rings. The normalized spacial score (nSPS) is 16.4. The number of carbonyl (C=O) groups is 1. The zero-order valence-corrected chi connectivity index (χ0v) is 12.4. The predicted octanol–water partition coefficient (Wildman–Crippen LogP) is 2.83. The van der Waals surface area contributed by atoms with Crippen LogP contribution in [-0.4, -0.2) is 19.0 Å². The van der Waals surface area contributed by atoms with E-state index in [0.717, 1.165) is 24.2 Å². The van der Waals surface area contributed by atoms with Gasteiger partial charge in [0.25, 0.3) is 0 Å². The van der Waals surface area contributed by atoms with Crippen molar-refractivity contribution in [1.82, 2.24) is 10.6 Å². The maximum atomic E-state index is 12.2. The van der Waals surface area contributed by atoms with E-state index in [1.165, 1.54) is 0 Å². The van der Waals surface area contributed by atoms with Crippen molar-refractivity contribution >= 4 is 28.8 Å². The Hall–Kier alpha value is -1.36. The van der Waals surface area contributed by atoms with Gasteiger partial charge in [-0.3, -0.25) is 4.79 Å². The van der Waals surface area contributed by atoms with E-state index < -0.39 is 0 Å². The summed E-state index contributed by atoms with van der Waals surface area (Å²) >= 11 is 7.57. The van der Waals surface area contributed by atoms with Crippen LogP contribution in [0.25, 0.3) is 0 Å². The lowest BCUT2D eigenvalue weighted by Gasteiger charge is -2.28. The quantitative estimate of drug-likeness (QED) is 0.912. The van der Waals surface area contributed by atoms with E-state index in [9.17, 15) is 4.79 Å². The van der Waals surface area contributed by atoms with Crippen LogP contribution < -0.4 is 10.6 Å². The third kappa shape index (κ3) is 2.87. The molecule has 1 amide bonds. The van der Waals surface area contributed by atoms with E-state index >= 15 is 0 Å². The number of halogens is 1. The number of hydrogen-bond donors (Lipinski definition) is 2. The summed E-state index contributed by atoms with van der Waals surface area (Å²) in [7, 11) is 0. The van der Waals surface area contributed by atoms with Crippen molar-refractivity contribution in [1.29, 1.82) is 0 Å². The molecule has 104 valence electrons. The summed E-state index contributed by atoms with van der Waals surface area (Å²) in [6.07, 6.45) is 0. The van der Waals surface area contributed by atoms with Crippen molar-refractivity contribution in [3.05, 3.63) is 57.2 Å². The van der Waals surface area contributed by atoms with Gasteiger partial charge in [-0.15, -0.1) is 0 Å². The van der Waals surface area contributed by atoms with Gasteiger partial charge >= 0.3 is 0 Å². The van der Waals surface area contributed by atoms with Crippen LogP contribution in [0, 0.1) is 5.92 Å². The van der Waals surface area contributed by atoms with Crippen LogP contribution in [0.1, 0.15) is 17.2 Å². The molecule has 1 saturated heterocycles. The highest BCUT2D eigenvalue weighted by atomic mass is 35.5.